The van der Waals surface area contributed by atoms with Gasteiger partial charge in [-0.3, -0.25) is 0 Å². The van der Waals surface area contributed by atoms with Gasteiger partial charge in [0.25, 0.3) is 0 Å². The van der Waals surface area contributed by atoms with Crippen LogP contribution in [0.5, 0.6) is 5.75 Å². The van der Waals surface area contributed by atoms with Gasteiger partial charge < -0.3 is 8.85 Å². The normalized spacial score (nSPS) is 12.6. The summed E-state index contributed by atoms with van der Waals surface area (Å²) in [5.74, 6) is 0.925. The van der Waals surface area contributed by atoms with E-state index in [9.17, 15) is 0 Å². The molecule has 0 N–H and O–H groups in total. The van der Waals surface area contributed by atoms with Crippen LogP contribution in [-0.2, 0) is 10.5 Å². The van der Waals surface area contributed by atoms with Gasteiger partial charge in [0, 0.05) is 0 Å². The Kier molecular flexibility index (Phi) is 5.19. The highest BCUT2D eigenvalue weighted by molar-refractivity contribution is 6.84. The summed E-state index contributed by atoms with van der Waals surface area (Å²) >= 11 is 0. The highest BCUT2D eigenvalue weighted by atomic mass is 28.4. The highest BCUT2D eigenvalue weighted by Gasteiger charge is 2.29. The van der Waals surface area contributed by atoms with Crippen LogP contribution in [-0.4, -0.2) is 23.7 Å². The monoisotopic (exact) mass is 282 g/mol. The van der Waals surface area contributed by atoms with Crippen molar-refractivity contribution in [2.45, 2.75) is 45.2 Å². The molecule has 0 saturated heterocycles. The van der Waals surface area contributed by atoms with Crippen LogP contribution in [0.4, 0.5) is 0 Å². The first-order valence-corrected chi connectivity index (χ1v) is 13.1. The molecule has 0 bridgehead atoms. The van der Waals surface area contributed by atoms with Gasteiger partial charge in [0.2, 0.25) is 0 Å². The molecule has 0 radical (unpaired) electrons. The van der Waals surface area contributed by atoms with Crippen molar-refractivity contribution in [1.29, 1.82) is 0 Å². The van der Waals surface area contributed by atoms with E-state index in [1.807, 2.05) is 12.1 Å². The van der Waals surface area contributed by atoms with Crippen LogP contribution in [0.2, 0.25) is 38.8 Å². The van der Waals surface area contributed by atoms with Gasteiger partial charge >= 0.3 is 0 Å². The second kappa shape index (κ2) is 6.04. The average molecular weight is 283 g/mol. The lowest BCUT2D eigenvalue weighted by Gasteiger charge is -2.31. The highest BCUT2D eigenvalue weighted by Crippen LogP contribution is 2.21. The first-order chi connectivity index (χ1) is 8.22. The van der Waals surface area contributed by atoms with Gasteiger partial charge in [0.15, 0.2) is 16.6 Å². The molecular weight excluding hydrogens is 256 g/mol. The molecule has 4 heteroatoms. The van der Waals surface area contributed by atoms with Crippen LogP contribution in [0.1, 0.15) is 5.56 Å². The summed E-state index contributed by atoms with van der Waals surface area (Å²) in [6.45, 7) is 11.5. The van der Waals surface area contributed by atoms with Crippen molar-refractivity contribution in [3.05, 3.63) is 29.8 Å². The van der Waals surface area contributed by atoms with Crippen molar-refractivity contribution in [3.8, 4) is 5.75 Å². The molecule has 102 valence electrons. The Bertz CT molecular complexity index is 366. The molecule has 18 heavy (non-hydrogen) atoms. The summed E-state index contributed by atoms with van der Waals surface area (Å²) in [4.78, 5) is 0. The van der Waals surface area contributed by atoms with Gasteiger partial charge in [0.05, 0.1) is 7.11 Å². The van der Waals surface area contributed by atoms with E-state index in [2.05, 4.69) is 44.9 Å². The molecule has 1 aromatic carbocycles. The van der Waals surface area contributed by atoms with Gasteiger partial charge in [-0.1, -0.05) is 12.1 Å². The van der Waals surface area contributed by atoms with Gasteiger partial charge in [0.1, 0.15) is 5.75 Å². The first-order valence-electron chi connectivity index (χ1n) is 6.55. The Balaban J connectivity index is 2.53. The molecule has 0 aliphatic heterocycles. The Labute approximate surface area is 114 Å². The van der Waals surface area contributed by atoms with Crippen molar-refractivity contribution in [2.24, 2.45) is 0 Å². The van der Waals surface area contributed by atoms with Crippen LogP contribution >= 0.6 is 0 Å². The van der Waals surface area contributed by atoms with E-state index in [1.54, 1.807) is 7.11 Å². The second-order valence-corrected chi connectivity index (χ2v) is 15.4. The molecule has 0 aliphatic carbocycles. The zero-order valence-electron chi connectivity index (χ0n) is 12.5. The number of benzene rings is 1. The van der Waals surface area contributed by atoms with Crippen LogP contribution in [0, 0.1) is 0 Å². The van der Waals surface area contributed by atoms with Crippen molar-refractivity contribution in [1.82, 2.24) is 0 Å². The van der Waals surface area contributed by atoms with E-state index >= 15 is 0 Å². The van der Waals surface area contributed by atoms with Gasteiger partial charge in [-0.15, -0.1) is 0 Å². The summed E-state index contributed by atoms with van der Waals surface area (Å²) < 4.78 is 11.5. The zero-order valence-corrected chi connectivity index (χ0v) is 14.5. The molecule has 0 spiro atoms. The SMILES string of the molecule is COc1ccc(CC[Si](C)(C)O[Si](C)(C)C)cc1. The fourth-order valence-electron chi connectivity index (χ4n) is 2.12. The quantitative estimate of drug-likeness (QED) is 0.725. The topological polar surface area (TPSA) is 18.5 Å². The van der Waals surface area contributed by atoms with Crippen molar-refractivity contribution in [2.75, 3.05) is 7.11 Å². The third kappa shape index (κ3) is 5.84. The van der Waals surface area contributed by atoms with Crippen LogP contribution in [0.3, 0.4) is 0 Å². The van der Waals surface area contributed by atoms with E-state index in [0.29, 0.717) is 0 Å². The van der Waals surface area contributed by atoms with E-state index < -0.39 is 16.6 Å². The molecule has 0 fully saturated rings. The van der Waals surface area contributed by atoms with Crippen LogP contribution in [0.25, 0.3) is 0 Å². The lowest BCUT2D eigenvalue weighted by atomic mass is 10.2. The lowest BCUT2D eigenvalue weighted by molar-refractivity contribution is 0.414. The van der Waals surface area contributed by atoms with E-state index in [-0.39, 0.29) is 0 Å². The molecule has 0 atom stereocenters. The minimum atomic E-state index is -1.51. The Morgan fingerprint density at radius 1 is 0.944 bits per heavy atom. The molecule has 1 aromatic rings. The van der Waals surface area contributed by atoms with E-state index in [1.165, 1.54) is 11.6 Å². The lowest BCUT2D eigenvalue weighted by Crippen LogP contribution is -2.42. The number of rotatable bonds is 6. The minimum absolute atomic E-state index is 0.925. The molecular formula is C14H26O2Si2. The molecule has 0 saturated carbocycles. The number of aryl methyl sites for hydroxylation is 1. The Morgan fingerprint density at radius 2 is 1.50 bits per heavy atom. The molecule has 0 aromatic heterocycles. The fraction of sp³-hybridized carbons (Fsp3) is 0.571. The molecule has 2 nitrogen and oxygen atoms in total. The molecule has 0 heterocycles. The smallest absolute Gasteiger partial charge is 0.173 e. The summed E-state index contributed by atoms with van der Waals surface area (Å²) in [6.07, 6.45) is 1.10. The summed E-state index contributed by atoms with van der Waals surface area (Å²) in [7, 11) is -1.22. The van der Waals surface area contributed by atoms with Gasteiger partial charge in [-0.2, -0.15) is 0 Å². The maximum absolute atomic E-state index is 6.34. The standard InChI is InChI=1S/C14H26O2Si2/c1-15-14-9-7-13(8-10-14)11-12-18(5,6)16-17(2,3)4/h7-10H,11-12H2,1-6H3. The van der Waals surface area contributed by atoms with E-state index in [0.717, 1.165) is 12.2 Å². The molecule has 0 aliphatic rings. The average Bonchev–Trinajstić information content (AvgIpc) is 2.24. The van der Waals surface area contributed by atoms with Crippen molar-refractivity contribution >= 4 is 16.6 Å². The Morgan fingerprint density at radius 3 is 1.94 bits per heavy atom. The molecule has 0 unspecified atom stereocenters. The van der Waals surface area contributed by atoms with Gasteiger partial charge in [-0.25, -0.2) is 0 Å². The predicted octanol–water partition coefficient (Wildman–Crippen LogP) is 4.29. The first kappa shape index (κ1) is 15.5. The van der Waals surface area contributed by atoms with Crippen LogP contribution < -0.4 is 4.74 Å². The zero-order chi connectivity index (χ0) is 13.8. The number of hydrogen-bond donors (Lipinski definition) is 0. The molecule has 0 amide bonds. The van der Waals surface area contributed by atoms with Crippen molar-refractivity contribution in [3.63, 3.8) is 0 Å². The van der Waals surface area contributed by atoms with E-state index in [4.69, 9.17) is 8.85 Å². The summed E-state index contributed by atoms with van der Waals surface area (Å²) in [5, 5.41) is 0. The summed E-state index contributed by atoms with van der Waals surface area (Å²) in [5.41, 5.74) is 1.37. The van der Waals surface area contributed by atoms with Gasteiger partial charge in [-0.05, 0) is 62.9 Å². The van der Waals surface area contributed by atoms with Crippen molar-refractivity contribution < 1.29 is 8.85 Å². The maximum atomic E-state index is 6.34. The maximum Gasteiger partial charge on any atom is 0.173 e. The number of hydrogen-bond acceptors (Lipinski definition) is 2. The number of ether oxygens (including phenoxy) is 1. The molecule has 1 rings (SSSR count). The third-order valence-corrected chi connectivity index (χ3v) is 8.87. The third-order valence-electron chi connectivity index (χ3n) is 2.76. The van der Waals surface area contributed by atoms with Crippen LogP contribution in [0.15, 0.2) is 24.3 Å². The summed E-state index contributed by atoms with van der Waals surface area (Å²) in [6, 6.07) is 9.55. The predicted molar refractivity (Wildman–Crippen MR) is 83.4 cm³/mol. The minimum Gasteiger partial charge on any atom is -0.497 e. The largest absolute Gasteiger partial charge is 0.497 e. The number of methoxy groups -OCH3 is 1. The Hall–Kier alpha value is -0.586. The fourth-order valence-corrected chi connectivity index (χ4v) is 10.0. The second-order valence-electron chi connectivity index (χ2n) is 6.32.